The molecule has 0 radical (unpaired) electrons. The first-order chi connectivity index (χ1) is 9.11. The number of ether oxygens (including phenoxy) is 1. The summed E-state index contributed by atoms with van der Waals surface area (Å²) >= 11 is 6.06. The maximum absolute atomic E-state index is 6.06. The third-order valence-corrected chi connectivity index (χ3v) is 2.89. The van der Waals surface area contributed by atoms with Crippen molar-refractivity contribution in [1.82, 2.24) is 9.97 Å². The number of rotatable bonds is 4. The number of hydrogen-bond donors (Lipinski definition) is 2. The van der Waals surface area contributed by atoms with Gasteiger partial charge in [-0.3, -0.25) is 0 Å². The van der Waals surface area contributed by atoms with E-state index in [0.29, 0.717) is 10.8 Å². The van der Waals surface area contributed by atoms with E-state index in [1.54, 1.807) is 0 Å². The van der Waals surface area contributed by atoms with Crippen molar-refractivity contribution in [2.75, 3.05) is 12.4 Å². The van der Waals surface area contributed by atoms with Crippen LogP contribution in [0.25, 0.3) is 0 Å². The van der Waals surface area contributed by atoms with Crippen molar-refractivity contribution < 1.29 is 4.74 Å². The largest absolute Gasteiger partial charge is 0.467 e. The van der Waals surface area contributed by atoms with Gasteiger partial charge in [-0.05, 0) is 18.6 Å². The standard InChI is InChI=1S/C13H15ClN4O/c1-8(15)9-5-3-4-6-11(9)17-12-10(14)7-16-13(18-12)19-2/h3-8H,15H2,1-2H3,(H,16,17,18). The molecule has 0 fully saturated rings. The van der Waals surface area contributed by atoms with Crippen molar-refractivity contribution in [2.24, 2.45) is 5.73 Å². The minimum Gasteiger partial charge on any atom is -0.467 e. The SMILES string of the molecule is COc1ncc(Cl)c(Nc2ccccc2C(C)N)n1. The summed E-state index contributed by atoms with van der Waals surface area (Å²) in [6.07, 6.45) is 1.49. The summed E-state index contributed by atoms with van der Waals surface area (Å²) in [6, 6.07) is 7.89. The third kappa shape index (κ3) is 3.13. The molecule has 100 valence electrons. The molecule has 1 atom stereocenters. The molecule has 1 aromatic carbocycles. The highest BCUT2D eigenvalue weighted by Gasteiger charge is 2.10. The first-order valence-corrected chi connectivity index (χ1v) is 6.17. The molecule has 0 aliphatic carbocycles. The van der Waals surface area contributed by atoms with E-state index in [2.05, 4.69) is 15.3 Å². The van der Waals surface area contributed by atoms with Crippen LogP contribution in [0.5, 0.6) is 6.01 Å². The molecule has 19 heavy (non-hydrogen) atoms. The van der Waals surface area contributed by atoms with Gasteiger partial charge in [0.15, 0.2) is 5.82 Å². The number of hydrogen-bond acceptors (Lipinski definition) is 5. The molecule has 2 aromatic rings. The number of nitrogens with two attached hydrogens (primary N) is 1. The van der Waals surface area contributed by atoms with E-state index < -0.39 is 0 Å². The Morgan fingerprint density at radius 2 is 2.11 bits per heavy atom. The van der Waals surface area contributed by atoms with Gasteiger partial charge in [-0.15, -0.1) is 0 Å². The second-order valence-electron chi connectivity index (χ2n) is 4.05. The Balaban J connectivity index is 2.36. The van der Waals surface area contributed by atoms with E-state index in [-0.39, 0.29) is 12.1 Å². The molecule has 0 amide bonds. The van der Waals surface area contributed by atoms with Gasteiger partial charge in [-0.25, -0.2) is 4.98 Å². The molecule has 0 spiro atoms. The lowest BCUT2D eigenvalue weighted by Gasteiger charge is -2.14. The van der Waals surface area contributed by atoms with Gasteiger partial charge in [-0.1, -0.05) is 29.8 Å². The maximum Gasteiger partial charge on any atom is 0.318 e. The normalized spacial score (nSPS) is 12.0. The van der Waals surface area contributed by atoms with Gasteiger partial charge in [0, 0.05) is 11.7 Å². The van der Waals surface area contributed by atoms with Gasteiger partial charge in [0.25, 0.3) is 0 Å². The van der Waals surface area contributed by atoms with Crippen LogP contribution >= 0.6 is 11.6 Å². The molecule has 1 aromatic heterocycles. The predicted octanol–water partition coefficient (Wildman–Crippen LogP) is 2.90. The van der Waals surface area contributed by atoms with Crippen LogP contribution in [0.3, 0.4) is 0 Å². The Kier molecular flexibility index (Phi) is 4.19. The van der Waals surface area contributed by atoms with Crippen molar-refractivity contribution >= 4 is 23.1 Å². The molecule has 0 saturated heterocycles. The van der Waals surface area contributed by atoms with Crippen molar-refractivity contribution in [3.8, 4) is 6.01 Å². The Hall–Kier alpha value is -1.85. The Bertz CT molecular complexity index is 574. The number of nitrogens with one attached hydrogen (secondary N) is 1. The fraction of sp³-hybridized carbons (Fsp3) is 0.231. The Morgan fingerprint density at radius 1 is 1.37 bits per heavy atom. The average Bonchev–Trinajstić information content (AvgIpc) is 2.41. The highest BCUT2D eigenvalue weighted by atomic mass is 35.5. The van der Waals surface area contributed by atoms with Crippen LogP contribution < -0.4 is 15.8 Å². The van der Waals surface area contributed by atoms with Gasteiger partial charge in [-0.2, -0.15) is 4.98 Å². The molecular formula is C13H15ClN4O. The third-order valence-electron chi connectivity index (χ3n) is 2.61. The lowest BCUT2D eigenvalue weighted by atomic mass is 10.1. The summed E-state index contributed by atoms with van der Waals surface area (Å²) in [5.74, 6) is 0.488. The van der Waals surface area contributed by atoms with Crippen molar-refractivity contribution in [3.05, 3.63) is 41.0 Å². The van der Waals surface area contributed by atoms with Crippen LogP contribution in [0.15, 0.2) is 30.5 Å². The van der Waals surface area contributed by atoms with Crippen LogP contribution in [0.1, 0.15) is 18.5 Å². The van der Waals surface area contributed by atoms with Crippen LogP contribution in [0.4, 0.5) is 11.5 Å². The highest BCUT2D eigenvalue weighted by Crippen LogP contribution is 2.28. The number of halogens is 1. The predicted molar refractivity (Wildman–Crippen MR) is 75.9 cm³/mol. The topological polar surface area (TPSA) is 73.1 Å². The number of nitrogens with zero attached hydrogens (tertiary/aromatic N) is 2. The van der Waals surface area contributed by atoms with E-state index in [4.69, 9.17) is 22.1 Å². The molecule has 0 bridgehead atoms. The van der Waals surface area contributed by atoms with Crippen LogP contribution in [0, 0.1) is 0 Å². The zero-order valence-corrected chi connectivity index (χ0v) is 11.5. The van der Waals surface area contributed by atoms with Gasteiger partial charge in [0.05, 0.1) is 13.3 Å². The summed E-state index contributed by atoms with van der Waals surface area (Å²) in [5.41, 5.74) is 7.78. The molecule has 0 aliphatic rings. The van der Waals surface area contributed by atoms with E-state index >= 15 is 0 Å². The monoisotopic (exact) mass is 278 g/mol. The zero-order chi connectivity index (χ0) is 13.8. The Labute approximate surface area is 116 Å². The molecule has 1 heterocycles. The lowest BCUT2D eigenvalue weighted by Crippen LogP contribution is -2.08. The first kappa shape index (κ1) is 13.6. The Morgan fingerprint density at radius 3 is 2.79 bits per heavy atom. The maximum atomic E-state index is 6.06. The minimum atomic E-state index is -0.0915. The second kappa shape index (κ2) is 5.86. The smallest absolute Gasteiger partial charge is 0.318 e. The average molecular weight is 279 g/mol. The van der Waals surface area contributed by atoms with Crippen LogP contribution in [-0.4, -0.2) is 17.1 Å². The van der Waals surface area contributed by atoms with Gasteiger partial charge < -0.3 is 15.8 Å². The zero-order valence-electron chi connectivity index (χ0n) is 10.7. The summed E-state index contributed by atoms with van der Waals surface area (Å²) < 4.78 is 4.98. The molecule has 2 rings (SSSR count). The number of methoxy groups -OCH3 is 1. The van der Waals surface area contributed by atoms with E-state index in [9.17, 15) is 0 Å². The fourth-order valence-corrected chi connectivity index (χ4v) is 1.81. The number of para-hydroxylation sites is 1. The summed E-state index contributed by atoms with van der Waals surface area (Å²) in [5, 5.41) is 3.57. The van der Waals surface area contributed by atoms with Crippen molar-refractivity contribution in [2.45, 2.75) is 13.0 Å². The van der Waals surface area contributed by atoms with Gasteiger partial charge >= 0.3 is 6.01 Å². The summed E-state index contributed by atoms with van der Waals surface area (Å²) in [6.45, 7) is 1.92. The summed E-state index contributed by atoms with van der Waals surface area (Å²) in [7, 11) is 1.50. The fourth-order valence-electron chi connectivity index (χ4n) is 1.67. The first-order valence-electron chi connectivity index (χ1n) is 5.80. The minimum absolute atomic E-state index is 0.0915. The molecule has 0 aliphatic heterocycles. The van der Waals surface area contributed by atoms with Crippen molar-refractivity contribution in [1.29, 1.82) is 0 Å². The second-order valence-corrected chi connectivity index (χ2v) is 4.46. The molecular weight excluding hydrogens is 264 g/mol. The van der Waals surface area contributed by atoms with Gasteiger partial charge in [0.1, 0.15) is 5.02 Å². The van der Waals surface area contributed by atoms with Crippen molar-refractivity contribution in [3.63, 3.8) is 0 Å². The number of anilines is 2. The van der Waals surface area contributed by atoms with E-state index in [0.717, 1.165) is 11.3 Å². The van der Waals surface area contributed by atoms with Gasteiger partial charge in [0.2, 0.25) is 0 Å². The number of aromatic nitrogens is 2. The molecule has 3 N–H and O–H groups in total. The highest BCUT2D eigenvalue weighted by molar-refractivity contribution is 6.32. The quantitative estimate of drug-likeness (QED) is 0.900. The van der Waals surface area contributed by atoms with Crippen LogP contribution in [-0.2, 0) is 0 Å². The molecule has 6 heteroatoms. The lowest BCUT2D eigenvalue weighted by molar-refractivity contribution is 0.380. The molecule has 5 nitrogen and oxygen atoms in total. The van der Waals surface area contributed by atoms with E-state index in [1.165, 1.54) is 13.3 Å². The summed E-state index contributed by atoms with van der Waals surface area (Å²) in [4.78, 5) is 8.10. The number of benzene rings is 1. The molecule has 1 unspecified atom stereocenters. The van der Waals surface area contributed by atoms with Crippen LogP contribution in [0.2, 0.25) is 5.02 Å². The molecule has 0 saturated carbocycles. The van der Waals surface area contributed by atoms with E-state index in [1.807, 2.05) is 31.2 Å².